The number of aryl methyl sites for hydroxylation is 1. The normalized spacial score (nSPS) is 17.3. The fourth-order valence-corrected chi connectivity index (χ4v) is 4.33. The Bertz CT molecular complexity index is 640. The first-order chi connectivity index (χ1) is 11.5. The third kappa shape index (κ3) is 5.95. The second-order valence-corrected chi connectivity index (χ2v) is 7.93. The minimum Gasteiger partial charge on any atom is -0.352 e. The Morgan fingerprint density at radius 3 is 2.40 bits per heavy atom. The van der Waals surface area contributed by atoms with E-state index in [1.165, 1.54) is 4.31 Å². The molecule has 0 radical (unpaired) electrons. The molecule has 1 aromatic carbocycles. The number of nitrogens with zero attached hydrogens (tertiary/aromatic N) is 1. The Kier molecular flexibility index (Phi) is 8.85. The molecule has 0 aliphatic carbocycles. The van der Waals surface area contributed by atoms with Crippen molar-refractivity contribution in [1.82, 2.24) is 14.9 Å². The van der Waals surface area contributed by atoms with Crippen molar-refractivity contribution in [2.45, 2.75) is 44.0 Å². The zero-order valence-corrected chi connectivity index (χ0v) is 16.5. The summed E-state index contributed by atoms with van der Waals surface area (Å²) in [6.07, 6.45) is 2.00. The Labute approximate surface area is 156 Å². The van der Waals surface area contributed by atoms with E-state index in [-0.39, 0.29) is 24.4 Å². The molecule has 25 heavy (non-hydrogen) atoms. The Balaban J connectivity index is 0.00000312. The lowest BCUT2D eigenvalue weighted by molar-refractivity contribution is -0.121. The molecule has 1 unspecified atom stereocenters. The molecular weight excluding hydrogens is 362 g/mol. The summed E-state index contributed by atoms with van der Waals surface area (Å²) in [4.78, 5) is 12.2. The molecule has 1 aliphatic rings. The van der Waals surface area contributed by atoms with Gasteiger partial charge in [0.1, 0.15) is 0 Å². The van der Waals surface area contributed by atoms with Crippen LogP contribution in [0.15, 0.2) is 29.2 Å². The molecule has 1 amide bonds. The maximum Gasteiger partial charge on any atom is 0.243 e. The lowest BCUT2D eigenvalue weighted by Crippen LogP contribution is -2.36. The second-order valence-electron chi connectivity index (χ2n) is 5.99. The molecule has 1 heterocycles. The molecule has 1 aliphatic heterocycles. The molecule has 1 fully saturated rings. The second kappa shape index (κ2) is 10.1. The van der Waals surface area contributed by atoms with Gasteiger partial charge in [-0.05, 0) is 37.1 Å². The molecule has 142 valence electrons. The van der Waals surface area contributed by atoms with Crippen molar-refractivity contribution in [3.63, 3.8) is 0 Å². The van der Waals surface area contributed by atoms with E-state index < -0.39 is 10.0 Å². The lowest BCUT2D eigenvalue weighted by atomic mass is 10.1. The third-order valence-corrected chi connectivity index (χ3v) is 6.40. The van der Waals surface area contributed by atoms with Crippen LogP contribution in [0.5, 0.6) is 0 Å². The molecule has 1 aromatic rings. The van der Waals surface area contributed by atoms with Gasteiger partial charge >= 0.3 is 0 Å². The fraction of sp³-hybridized carbons (Fsp3) is 0.588. The van der Waals surface area contributed by atoms with Crippen LogP contribution >= 0.6 is 12.4 Å². The number of sulfonamides is 1. The average molecular weight is 390 g/mol. The van der Waals surface area contributed by atoms with Crippen molar-refractivity contribution < 1.29 is 13.2 Å². The molecule has 0 aromatic heterocycles. The lowest BCUT2D eigenvalue weighted by Gasteiger charge is -2.18. The number of halogens is 1. The molecule has 1 saturated heterocycles. The Morgan fingerprint density at radius 1 is 1.24 bits per heavy atom. The minimum atomic E-state index is -3.42. The predicted molar refractivity (Wildman–Crippen MR) is 102 cm³/mol. The molecule has 6 nitrogen and oxygen atoms in total. The number of amides is 1. The maximum atomic E-state index is 12.4. The van der Waals surface area contributed by atoms with Crippen LogP contribution in [0.1, 0.15) is 32.3 Å². The summed E-state index contributed by atoms with van der Waals surface area (Å²) in [6.45, 7) is 6.35. The first kappa shape index (κ1) is 21.9. The van der Waals surface area contributed by atoms with Gasteiger partial charge in [-0.25, -0.2) is 8.42 Å². The average Bonchev–Trinajstić information content (AvgIpc) is 3.07. The summed E-state index contributed by atoms with van der Waals surface area (Å²) >= 11 is 0. The summed E-state index contributed by atoms with van der Waals surface area (Å²) in [5.41, 5.74) is 0.966. The van der Waals surface area contributed by atoms with Crippen molar-refractivity contribution in [2.24, 2.45) is 0 Å². The van der Waals surface area contributed by atoms with E-state index in [2.05, 4.69) is 10.6 Å². The largest absolute Gasteiger partial charge is 0.352 e. The maximum absolute atomic E-state index is 12.4. The third-order valence-electron chi connectivity index (χ3n) is 4.33. The van der Waals surface area contributed by atoms with Gasteiger partial charge in [-0.15, -0.1) is 12.4 Å². The van der Waals surface area contributed by atoms with E-state index >= 15 is 0 Å². The van der Waals surface area contributed by atoms with Crippen molar-refractivity contribution >= 4 is 28.3 Å². The van der Waals surface area contributed by atoms with E-state index in [1.807, 2.05) is 13.8 Å². The number of benzene rings is 1. The molecule has 0 bridgehead atoms. The Hall–Kier alpha value is -1.15. The number of carbonyl (C=O) groups is 1. The molecule has 0 spiro atoms. The van der Waals surface area contributed by atoms with Gasteiger partial charge in [-0.3, -0.25) is 4.79 Å². The summed E-state index contributed by atoms with van der Waals surface area (Å²) in [5, 5.41) is 6.23. The number of rotatable bonds is 8. The first-order valence-corrected chi connectivity index (χ1v) is 10.0. The SMILES string of the molecule is CCN(CC)S(=O)(=O)c1ccc(CCC(=O)NC2CCNC2)cc1.Cl. The quantitative estimate of drug-likeness (QED) is 0.707. The van der Waals surface area contributed by atoms with Gasteiger partial charge in [0.05, 0.1) is 4.90 Å². The summed E-state index contributed by atoms with van der Waals surface area (Å²) in [5.74, 6) is 0.0449. The molecule has 0 saturated carbocycles. The standard InChI is InChI=1S/C17H27N3O3S.ClH/c1-3-20(4-2)24(22,23)16-8-5-14(6-9-16)7-10-17(21)19-15-11-12-18-13-15;/h5-6,8-9,15,18H,3-4,7,10-13H2,1-2H3,(H,19,21);1H. The first-order valence-electron chi connectivity index (χ1n) is 8.56. The molecule has 2 N–H and O–H groups in total. The van der Waals surface area contributed by atoms with Gasteiger partial charge in [-0.2, -0.15) is 4.31 Å². The summed E-state index contributed by atoms with van der Waals surface area (Å²) in [7, 11) is -3.42. The Morgan fingerprint density at radius 2 is 1.88 bits per heavy atom. The van der Waals surface area contributed by atoms with Crippen molar-refractivity contribution in [1.29, 1.82) is 0 Å². The number of hydrogen-bond donors (Lipinski definition) is 2. The summed E-state index contributed by atoms with van der Waals surface area (Å²) < 4.78 is 26.3. The molecule has 8 heteroatoms. The highest BCUT2D eigenvalue weighted by Gasteiger charge is 2.21. The van der Waals surface area contributed by atoms with Gasteiger partial charge in [0, 0.05) is 32.1 Å². The fourth-order valence-electron chi connectivity index (χ4n) is 2.88. The van der Waals surface area contributed by atoms with Crippen LogP contribution in [0.4, 0.5) is 0 Å². The highest BCUT2D eigenvalue weighted by Crippen LogP contribution is 2.16. The van der Waals surface area contributed by atoms with Crippen LogP contribution in [0.2, 0.25) is 0 Å². The summed E-state index contributed by atoms with van der Waals surface area (Å²) in [6, 6.07) is 7.07. The van der Waals surface area contributed by atoms with Crippen LogP contribution in [0.3, 0.4) is 0 Å². The van der Waals surface area contributed by atoms with Gasteiger partial charge in [-0.1, -0.05) is 26.0 Å². The molecule has 1 atom stereocenters. The van der Waals surface area contributed by atoms with Crippen LogP contribution in [0, 0.1) is 0 Å². The highest BCUT2D eigenvalue weighted by atomic mass is 35.5. The number of carbonyl (C=O) groups excluding carboxylic acids is 1. The van der Waals surface area contributed by atoms with Crippen molar-refractivity contribution in [3.8, 4) is 0 Å². The van der Waals surface area contributed by atoms with E-state index in [1.54, 1.807) is 24.3 Å². The smallest absolute Gasteiger partial charge is 0.243 e. The van der Waals surface area contributed by atoms with Crippen molar-refractivity contribution in [2.75, 3.05) is 26.2 Å². The minimum absolute atomic E-state index is 0. The van der Waals surface area contributed by atoms with E-state index in [9.17, 15) is 13.2 Å². The van der Waals surface area contributed by atoms with E-state index in [0.717, 1.165) is 25.1 Å². The molecule has 2 rings (SSSR count). The topological polar surface area (TPSA) is 78.5 Å². The van der Waals surface area contributed by atoms with Crippen LogP contribution in [-0.2, 0) is 21.2 Å². The van der Waals surface area contributed by atoms with Gasteiger partial charge in [0.15, 0.2) is 0 Å². The number of hydrogen-bond acceptors (Lipinski definition) is 4. The highest BCUT2D eigenvalue weighted by molar-refractivity contribution is 7.89. The van der Waals surface area contributed by atoms with Crippen LogP contribution in [0.25, 0.3) is 0 Å². The van der Waals surface area contributed by atoms with Gasteiger partial charge < -0.3 is 10.6 Å². The predicted octanol–water partition coefficient (Wildman–Crippen LogP) is 1.55. The van der Waals surface area contributed by atoms with E-state index in [0.29, 0.717) is 30.8 Å². The van der Waals surface area contributed by atoms with Crippen LogP contribution < -0.4 is 10.6 Å². The van der Waals surface area contributed by atoms with Gasteiger partial charge in [0.25, 0.3) is 0 Å². The van der Waals surface area contributed by atoms with Crippen molar-refractivity contribution in [3.05, 3.63) is 29.8 Å². The molecular formula is C17H28ClN3O3S. The zero-order valence-electron chi connectivity index (χ0n) is 14.8. The monoisotopic (exact) mass is 389 g/mol. The zero-order chi connectivity index (χ0) is 17.6. The van der Waals surface area contributed by atoms with E-state index in [4.69, 9.17) is 0 Å². The number of nitrogens with one attached hydrogen (secondary N) is 2. The van der Waals surface area contributed by atoms with Crippen LogP contribution in [-0.4, -0.2) is 50.9 Å². The van der Waals surface area contributed by atoms with Gasteiger partial charge in [0.2, 0.25) is 15.9 Å².